The van der Waals surface area contributed by atoms with Crippen LogP contribution in [0.1, 0.15) is 23.6 Å². The number of carbonyl (C=O) groups is 1. The van der Waals surface area contributed by atoms with E-state index in [1.807, 2.05) is 32.9 Å². The van der Waals surface area contributed by atoms with Gasteiger partial charge in [0.15, 0.2) is 0 Å². The Kier molecular flexibility index (Phi) is 5.59. The van der Waals surface area contributed by atoms with E-state index >= 15 is 0 Å². The molecule has 5 nitrogen and oxygen atoms in total. The molecule has 1 amide bonds. The molecule has 2 rings (SSSR count). The molecule has 0 radical (unpaired) electrons. The van der Waals surface area contributed by atoms with Crippen LogP contribution in [-0.4, -0.2) is 20.4 Å². The van der Waals surface area contributed by atoms with Gasteiger partial charge in [0.2, 0.25) is 15.9 Å². The lowest BCUT2D eigenvalue weighted by molar-refractivity contribution is -0.117. The molecule has 25 heavy (non-hydrogen) atoms. The van der Waals surface area contributed by atoms with Gasteiger partial charge in [0.05, 0.1) is 10.9 Å². The highest BCUT2D eigenvalue weighted by molar-refractivity contribution is 7.89. The largest absolute Gasteiger partial charge is 0.324 e. The average molecular weight is 364 g/mol. The third-order valence-electron chi connectivity index (χ3n) is 3.77. The van der Waals surface area contributed by atoms with Crippen LogP contribution < -0.4 is 10.0 Å². The van der Waals surface area contributed by atoms with Crippen molar-refractivity contribution in [3.63, 3.8) is 0 Å². The van der Waals surface area contributed by atoms with Crippen molar-refractivity contribution in [3.8, 4) is 0 Å². The highest BCUT2D eigenvalue weighted by atomic mass is 32.2. The number of hydrogen-bond donors (Lipinski definition) is 2. The quantitative estimate of drug-likeness (QED) is 0.856. The second-order valence-electron chi connectivity index (χ2n) is 6.06. The highest BCUT2D eigenvalue weighted by Gasteiger charge is 2.22. The monoisotopic (exact) mass is 364 g/mol. The Morgan fingerprint density at radius 2 is 1.56 bits per heavy atom. The molecule has 0 aromatic heterocycles. The second-order valence-corrected chi connectivity index (χ2v) is 7.77. The molecule has 0 spiro atoms. The molecule has 1 atom stereocenters. The minimum atomic E-state index is -3.92. The van der Waals surface area contributed by atoms with Gasteiger partial charge in [0.1, 0.15) is 5.82 Å². The fourth-order valence-corrected chi connectivity index (χ4v) is 3.78. The van der Waals surface area contributed by atoms with Crippen molar-refractivity contribution < 1.29 is 17.6 Å². The summed E-state index contributed by atoms with van der Waals surface area (Å²) in [6.07, 6.45) is 0. The van der Waals surface area contributed by atoms with Gasteiger partial charge in [-0.3, -0.25) is 4.79 Å². The number of anilines is 1. The molecule has 0 saturated heterocycles. The van der Waals surface area contributed by atoms with Crippen LogP contribution in [0.5, 0.6) is 0 Å². The van der Waals surface area contributed by atoms with Gasteiger partial charge in [-0.15, -0.1) is 0 Å². The molecule has 0 aliphatic rings. The molecule has 1 unspecified atom stereocenters. The van der Waals surface area contributed by atoms with Gasteiger partial charge in [0, 0.05) is 5.69 Å². The van der Waals surface area contributed by atoms with Crippen molar-refractivity contribution in [3.05, 3.63) is 58.9 Å². The Hall–Kier alpha value is -2.25. The summed E-state index contributed by atoms with van der Waals surface area (Å²) >= 11 is 0. The molecule has 0 aliphatic heterocycles. The first-order valence-corrected chi connectivity index (χ1v) is 9.25. The summed E-state index contributed by atoms with van der Waals surface area (Å²) in [4.78, 5) is 12.3. The number of amides is 1. The zero-order chi connectivity index (χ0) is 18.8. The maximum atomic E-state index is 12.9. The number of benzene rings is 2. The zero-order valence-corrected chi connectivity index (χ0v) is 15.4. The normalized spacial score (nSPS) is 12.7. The van der Waals surface area contributed by atoms with Gasteiger partial charge in [0.25, 0.3) is 0 Å². The molecule has 2 aromatic carbocycles. The Bertz CT molecular complexity index is 870. The van der Waals surface area contributed by atoms with E-state index in [4.69, 9.17) is 0 Å². The molecular formula is C18H21FN2O3S. The number of rotatable bonds is 5. The van der Waals surface area contributed by atoms with Crippen molar-refractivity contribution in [2.24, 2.45) is 0 Å². The molecule has 0 bridgehead atoms. The number of halogens is 1. The number of hydrogen-bond acceptors (Lipinski definition) is 3. The Morgan fingerprint density at radius 1 is 1.04 bits per heavy atom. The Labute approximate surface area is 147 Å². The van der Waals surface area contributed by atoms with Crippen LogP contribution in [0, 0.1) is 26.6 Å². The predicted molar refractivity (Wildman–Crippen MR) is 95.5 cm³/mol. The first-order chi connectivity index (χ1) is 11.6. The fraction of sp³-hybridized carbons (Fsp3) is 0.278. The van der Waals surface area contributed by atoms with E-state index in [2.05, 4.69) is 10.0 Å². The highest BCUT2D eigenvalue weighted by Crippen LogP contribution is 2.22. The predicted octanol–water partition coefficient (Wildman–Crippen LogP) is 3.06. The van der Waals surface area contributed by atoms with E-state index in [9.17, 15) is 17.6 Å². The van der Waals surface area contributed by atoms with Crippen LogP contribution in [0.2, 0.25) is 0 Å². The summed E-state index contributed by atoms with van der Waals surface area (Å²) in [5.41, 5.74) is 3.56. The van der Waals surface area contributed by atoms with E-state index in [1.165, 1.54) is 6.92 Å². The summed E-state index contributed by atoms with van der Waals surface area (Å²) in [5.74, 6) is -1.00. The standard InChI is InChI=1S/C18H21FN2O3S/c1-11-9-12(2)17(13(3)10-11)20-18(22)14(4)21-25(23,24)16-7-5-15(19)6-8-16/h5-10,14,21H,1-4H3,(H,20,22). The molecule has 0 heterocycles. The number of sulfonamides is 1. The van der Waals surface area contributed by atoms with E-state index in [-0.39, 0.29) is 4.90 Å². The first-order valence-electron chi connectivity index (χ1n) is 7.77. The van der Waals surface area contributed by atoms with Gasteiger partial charge in [-0.25, -0.2) is 12.8 Å². The summed E-state index contributed by atoms with van der Waals surface area (Å²) < 4.78 is 39.8. The fourth-order valence-electron chi connectivity index (χ4n) is 2.58. The van der Waals surface area contributed by atoms with E-state index < -0.39 is 27.8 Å². The van der Waals surface area contributed by atoms with Crippen molar-refractivity contribution in [1.29, 1.82) is 0 Å². The van der Waals surface area contributed by atoms with Crippen molar-refractivity contribution in [1.82, 2.24) is 4.72 Å². The number of carbonyl (C=O) groups excluding carboxylic acids is 1. The minimum Gasteiger partial charge on any atom is -0.324 e. The summed E-state index contributed by atoms with van der Waals surface area (Å²) in [6, 6.07) is 7.30. The van der Waals surface area contributed by atoms with Gasteiger partial charge >= 0.3 is 0 Å². The van der Waals surface area contributed by atoms with Gasteiger partial charge in [-0.1, -0.05) is 17.7 Å². The molecule has 0 aliphatic carbocycles. The lowest BCUT2D eigenvalue weighted by atomic mass is 10.0. The lowest BCUT2D eigenvalue weighted by Gasteiger charge is -2.17. The van der Waals surface area contributed by atoms with Crippen LogP contribution in [0.3, 0.4) is 0 Å². The Balaban J connectivity index is 2.14. The number of nitrogens with one attached hydrogen (secondary N) is 2. The summed E-state index contributed by atoms with van der Waals surface area (Å²) in [7, 11) is -3.92. The average Bonchev–Trinajstić information content (AvgIpc) is 2.50. The number of aryl methyl sites for hydroxylation is 3. The Morgan fingerprint density at radius 3 is 2.08 bits per heavy atom. The second kappa shape index (κ2) is 7.33. The van der Waals surface area contributed by atoms with Gasteiger partial charge in [-0.2, -0.15) is 4.72 Å². The van der Waals surface area contributed by atoms with Gasteiger partial charge < -0.3 is 5.32 Å². The molecular weight excluding hydrogens is 343 g/mol. The lowest BCUT2D eigenvalue weighted by Crippen LogP contribution is -2.41. The third-order valence-corrected chi connectivity index (χ3v) is 5.33. The van der Waals surface area contributed by atoms with Crippen LogP contribution in [0.25, 0.3) is 0 Å². The maximum Gasteiger partial charge on any atom is 0.242 e. The molecule has 134 valence electrons. The zero-order valence-electron chi connectivity index (χ0n) is 14.6. The van der Waals surface area contributed by atoms with E-state index in [1.54, 1.807) is 0 Å². The molecule has 2 aromatic rings. The molecule has 2 N–H and O–H groups in total. The SMILES string of the molecule is Cc1cc(C)c(NC(=O)C(C)NS(=O)(=O)c2ccc(F)cc2)c(C)c1. The van der Waals surface area contributed by atoms with E-state index in [0.717, 1.165) is 41.0 Å². The molecule has 7 heteroatoms. The molecule has 0 fully saturated rings. The smallest absolute Gasteiger partial charge is 0.242 e. The van der Waals surface area contributed by atoms with Crippen molar-refractivity contribution in [2.45, 2.75) is 38.6 Å². The van der Waals surface area contributed by atoms with Crippen LogP contribution in [-0.2, 0) is 14.8 Å². The topological polar surface area (TPSA) is 75.3 Å². The minimum absolute atomic E-state index is 0.101. The summed E-state index contributed by atoms with van der Waals surface area (Å²) in [6.45, 7) is 7.17. The summed E-state index contributed by atoms with van der Waals surface area (Å²) in [5, 5.41) is 2.76. The van der Waals surface area contributed by atoms with Crippen LogP contribution in [0.15, 0.2) is 41.3 Å². The molecule has 0 saturated carbocycles. The van der Waals surface area contributed by atoms with Crippen molar-refractivity contribution >= 4 is 21.6 Å². The van der Waals surface area contributed by atoms with Crippen molar-refractivity contribution in [2.75, 3.05) is 5.32 Å². The first kappa shape index (κ1) is 19.1. The maximum absolute atomic E-state index is 12.9. The van der Waals surface area contributed by atoms with Crippen LogP contribution in [0.4, 0.5) is 10.1 Å². The third kappa shape index (κ3) is 4.64. The van der Waals surface area contributed by atoms with E-state index in [0.29, 0.717) is 5.69 Å². The van der Waals surface area contributed by atoms with Crippen LogP contribution >= 0.6 is 0 Å². The van der Waals surface area contributed by atoms with Gasteiger partial charge in [-0.05, 0) is 63.1 Å².